The highest BCUT2D eigenvalue weighted by Gasteiger charge is 2.67. The molecule has 0 unspecified atom stereocenters. The Morgan fingerprint density at radius 1 is 1.23 bits per heavy atom. The Morgan fingerprint density at radius 3 is 2.31 bits per heavy atom. The summed E-state index contributed by atoms with van der Waals surface area (Å²) in [4.78, 5) is 38.5. The van der Waals surface area contributed by atoms with Crippen LogP contribution in [0, 0.1) is 29.3 Å². The van der Waals surface area contributed by atoms with Gasteiger partial charge in [0.2, 0.25) is 11.8 Å². The summed E-state index contributed by atoms with van der Waals surface area (Å²) < 4.78 is 45.5. The lowest BCUT2D eigenvalue weighted by Gasteiger charge is -2.30. The zero-order valence-electron chi connectivity index (χ0n) is 14.3. The number of fused-ring (bicyclic) bond motifs is 1. The van der Waals surface area contributed by atoms with E-state index >= 15 is 0 Å². The number of esters is 1. The van der Waals surface area contributed by atoms with Crippen LogP contribution in [-0.2, 0) is 19.1 Å². The van der Waals surface area contributed by atoms with Gasteiger partial charge in [0.25, 0.3) is 0 Å². The van der Waals surface area contributed by atoms with Crippen LogP contribution < -0.4 is 5.32 Å². The van der Waals surface area contributed by atoms with Gasteiger partial charge in [0.15, 0.2) is 17.5 Å². The van der Waals surface area contributed by atoms with Crippen LogP contribution in [0.1, 0.15) is 24.9 Å². The van der Waals surface area contributed by atoms with Crippen molar-refractivity contribution in [1.82, 2.24) is 10.2 Å². The second-order valence-corrected chi connectivity index (χ2v) is 6.48. The van der Waals surface area contributed by atoms with Crippen molar-refractivity contribution >= 4 is 17.8 Å². The van der Waals surface area contributed by atoms with Crippen LogP contribution >= 0.6 is 0 Å². The van der Waals surface area contributed by atoms with E-state index in [9.17, 15) is 27.6 Å². The maximum atomic E-state index is 13.7. The van der Waals surface area contributed by atoms with Crippen molar-refractivity contribution in [2.45, 2.75) is 24.9 Å². The molecule has 0 radical (unpaired) electrons. The molecule has 0 bridgehead atoms. The summed E-state index contributed by atoms with van der Waals surface area (Å²) in [6.07, 6.45) is 0.107. The number of methoxy groups -OCH3 is 1. The molecule has 0 saturated carbocycles. The smallest absolute Gasteiger partial charge is 0.326 e. The second kappa shape index (κ2) is 6.08. The minimum atomic E-state index is -1.64. The first kappa shape index (κ1) is 18.4. The van der Waals surface area contributed by atoms with Crippen LogP contribution in [0.15, 0.2) is 12.1 Å². The molecular formula is C17H17F3N2O4. The molecule has 2 amide bonds. The molecule has 1 N–H and O–H groups in total. The van der Waals surface area contributed by atoms with Crippen molar-refractivity contribution < 1.29 is 32.3 Å². The Labute approximate surface area is 147 Å². The van der Waals surface area contributed by atoms with Gasteiger partial charge in [-0.3, -0.25) is 24.6 Å². The van der Waals surface area contributed by atoms with E-state index < -0.39 is 58.7 Å². The fraction of sp³-hybridized carbons (Fsp3) is 0.471. The van der Waals surface area contributed by atoms with Crippen molar-refractivity contribution in [3.05, 3.63) is 35.1 Å². The van der Waals surface area contributed by atoms with Crippen LogP contribution in [-0.4, -0.2) is 42.4 Å². The molecule has 0 aromatic heterocycles. The van der Waals surface area contributed by atoms with Crippen molar-refractivity contribution in [2.24, 2.45) is 11.8 Å². The number of likely N-dealkylation sites (tertiary alicyclic amines) is 1. The van der Waals surface area contributed by atoms with Crippen molar-refractivity contribution in [1.29, 1.82) is 0 Å². The van der Waals surface area contributed by atoms with Crippen molar-refractivity contribution in [3.8, 4) is 0 Å². The third kappa shape index (κ3) is 2.26. The fourth-order valence-corrected chi connectivity index (χ4v) is 4.03. The molecule has 2 aliphatic rings. The standard InChI is InChI=1S/C17H17F3N2O4/c1-4-17(16(25)26-3)11-10(14(23)22(2)15(11)24)13(21-17)7-5-8(18)12(20)9(19)6-7/h5-6,10-11,13,21H,4H2,1-3H3/t10-,11-,13-,17-/m0/s1. The number of benzene rings is 1. The minimum Gasteiger partial charge on any atom is -0.468 e. The Balaban J connectivity index is 2.17. The van der Waals surface area contributed by atoms with Gasteiger partial charge in [-0.05, 0) is 24.1 Å². The van der Waals surface area contributed by atoms with Gasteiger partial charge in [-0.2, -0.15) is 0 Å². The van der Waals surface area contributed by atoms with Gasteiger partial charge < -0.3 is 4.74 Å². The quantitative estimate of drug-likeness (QED) is 0.493. The number of ether oxygens (including phenoxy) is 1. The molecule has 6 nitrogen and oxygen atoms in total. The van der Waals surface area contributed by atoms with E-state index in [1.807, 2.05) is 0 Å². The predicted molar refractivity (Wildman–Crippen MR) is 82.0 cm³/mol. The van der Waals surface area contributed by atoms with Gasteiger partial charge in [0, 0.05) is 13.1 Å². The summed E-state index contributed by atoms with van der Waals surface area (Å²) in [5.41, 5.74) is -1.59. The third-order valence-corrected chi connectivity index (χ3v) is 5.35. The first-order valence-corrected chi connectivity index (χ1v) is 8.01. The summed E-state index contributed by atoms with van der Waals surface area (Å²) in [7, 11) is 2.43. The number of carbonyl (C=O) groups excluding carboxylic acids is 3. The van der Waals surface area contributed by atoms with Gasteiger partial charge in [-0.1, -0.05) is 6.92 Å². The van der Waals surface area contributed by atoms with Gasteiger partial charge in [0.1, 0.15) is 5.54 Å². The number of nitrogens with one attached hydrogen (secondary N) is 1. The summed E-state index contributed by atoms with van der Waals surface area (Å²) in [6, 6.07) is 0.461. The predicted octanol–water partition coefficient (Wildman–Crippen LogP) is 1.30. The lowest BCUT2D eigenvalue weighted by Crippen LogP contribution is -2.55. The molecule has 3 rings (SSSR count). The highest BCUT2D eigenvalue weighted by Crippen LogP contribution is 2.50. The molecule has 2 aliphatic heterocycles. The van der Waals surface area contributed by atoms with Crippen LogP contribution in [0.4, 0.5) is 13.2 Å². The minimum absolute atomic E-state index is 0.0629. The number of imide groups is 1. The molecule has 1 aromatic rings. The first-order valence-electron chi connectivity index (χ1n) is 8.01. The van der Waals surface area contributed by atoms with Gasteiger partial charge in [-0.15, -0.1) is 0 Å². The highest BCUT2D eigenvalue weighted by molar-refractivity contribution is 6.09. The normalized spacial score (nSPS) is 30.7. The summed E-state index contributed by atoms with van der Waals surface area (Å²) in [6.45, 7) is 1.63. The van der Waals surface area contributed by atoms with Crippen molar-refractivity contribution in [3.63, 3.8) is 0 Å². The van der Waals surface area contributed by atoms with Crippen molar-refractivity contribution in [2.75, 3.05) is 14.2 Å². The summed E-state index contributed by atoms with van der Waals surface area (Å²) in [5, 5.41) is 2.88. The molecule has 4 atom stereocenters. The lowest BCUT2D eigenvalue weighted by molar-refractivity contribution is -0.154. The summed E-state index contributed by atoms with van der Waals surface area (Å²) >= 11 is 0. The monoisotopic (exact) mass is 370 g/mol. The molecule has 2 saturated heterocycles. The van der Waals surface area contributed by atoms with Gasteiger partial charge >= 0.3 is 5.97 Å². The molecule has 2 fully saturated rings. The SMILES string of the molecule is CC[C@]1(C(=O)OC)N[C@@H](c2cc(F)c(F)c(F)c2)[C@H]2C(=O)N(C)C(=O)[C@H]21. The summed E-state index contributed by atoms with van der Waals surface area (Å²) in [5.74, 6) is -8.53. The maximum Gasteiger partial charge on any atom is 0.326 e. The average Bonchev–Trinajstić information content (AvgIpc) is 3.09. The largest absolute Gasteiger partial charge is 0.468 e. The molecule has 1 aromatic carbocycles. The number of carbonyl (C=O) groups is 3. The Hall–Kier alpha value is -2.42. The van der Waals surface area contributed by atoms with E-state index in [0.29, 0.717) is 0 Å². The number of hydrogen-bond acceptors (Lipinski definition) is 5. The first-order chi connectivity index (χ1) is 12.2. The molecule has 140 valence electrons. The number of hydrogen-bond donors (Lipinski definition) is 1. The third-order valence-electron chi connectivity index (χ3n) is 5.35. The van der Waals surface area contributed by atoms with Crippen LogP contribution in [0.2, 0.25) is 0 Å². The topological polar surface area (TPSA) is 75.7 Å². The number of rotatable bonds is 3. The fourth-order valence-electron chi connectivity index (χ4n) is 4.03. The maximum absolute atomic E-state index is 13.7. The molecule has 2 heterocycles. The Kier molecular flexibility index (Phi) is 4.30. The van der Waals surface area contributed by atoms with Crippen LogP contribution in [0.5, 0.6) is 0 Å². The number of amides is 2. The Morgan fingerprint density at radius 2 is 1.81 bits per heavy atom. The number of nitrogens with zero attached hydrogens (tertiary/aromatic N) is 1. The van der Waals surface area contributed by atoms with E-state index in [0.717, 1.165) is 24.1 Å². The zero-order valence-corrected chi connectivity index (χ0v) is 14.3. The van der Waals surface area contributed by atoms with E-state index in [2.05, 4.69) is 5.32 Å². The highest BCUT2D eigenvalue weighted by atomic mass is 19.2. The number of halogens is 3. The van der Waals surface area contributed by atoms with E-state index in [4.69, 9.17) is 4.74 Å². The van der Waals surface area contributed by atoms with E-state index in [1.54, 1.807) is 6.92 Å². The van der Waals surface area contributed by atoms with Gasteiger partial charge in [0.05, 0.1) is 18.9 Å². The lowest BCUT2D eigenvalue weighted by atomic mass is 9.78. The zero-order chi connectivity index (χ0) is 19.4. The van der Waals surface area contributed by atoms with E-state index in [1.165, 1.54) is 7.05 Å². The molecular weight excluding hydrogens is 353 g/mol. The molecule has 0 aliphatic carbocycles. The molecule has 26 heavy (non-hydrogen) atoms. The Bertz CT molecular complexity index is 792. The van der Waals surface area contributed by atoms with Crippen LogP contribution in [0.25, 0.3) is 0 Å². The molecule has 9 heteroatoms. The second-order valence-electron chi connectivity index (χ2n) is 6.48. The molecule has 0 spiro atoms. The van der Waals surface area contributed by atoms with Crippen LogP contribution in [0.3, 0.4) is 0 Å². The van der Waals surface area contributed by atoms with Gasteiger partial charge in [-0.25, -0.2) is 13.2 Å². The average molecular weight is 370 g/mol. The van der Waals surface area contributed by atoms with E-state index in [-0.39, 0.29) is 12.0 Å².